The van der Waals surface area contributed by atoms with Gasteiger partial charge in [0.1, 0.15) is 38.0 Å². The minimum Gasteiger partial charge on any atom is -0.497 e. The molecule has 1 amide bonds. The second kappa shape index (κ2) is 9.76. The first-order chi connectivity index (χ1) is 14.0. The van der Waals surface area contributed by atoms with Gasteiger partial charge in [0.15, 0.2) is 0 Å². The highest BCUT2D eigenvalue weighted by atomic mass is 16.5. The van der Waals surface area contributed by atoms with Crippen molar-refractivity contribution in [1.29, 1.82) is 0 Å². The summed E-state index contributed by atoms with van der Waals surface area (Å²) in [7, 11) is 7.98. The minimum absolute atomic E-state index is 0.0401. The number of hydrogen-bond donors (Lipinski definition) is 3. The van der Waals surface area contributed by atoms with Crippen molar-refractivity contribution >= 4 is 11.6 Å². The van der Waals surface area contributed by atoms with Gasteiger partial charge in [-0.15, -0.1) is 0 Å². The largest absolute Gasteiger partial charge is 0.497 e. The number of nitrogens with one attached hydrogen (secondary N) is 3. The van der Waals surface area contributed by atoms with Crippen LogP contribution in [0.1, 0.15) is 22.0 Å². The molecule has 1 aliphatic heterocycles. The summed E-state index contributed by atoms with van der Waals surface area (Å²) in [4.78, 5) is 17.9. The van der Waals surface area contributed by atoms with E-state index in [4.69, 9.17) is 4.74 Å². The molecule has 1 fully saturated rings. The third-order valence-corrected chi connectivity index (χ3v) is 5.87. The van der Waals surface area contributed by atoms with Gasteiger partial charge in [0.2, 0.25) is 0 Å². The number of ether oxygens (including phenoxy) is 1. The van der Waals surface area contributed by atoms with Crippen molar-refractivity contribution in [1.82, 2.24) is 5.32 Å². The fourth-order valence-electron chi connectivity index (χ4n) is 3.89. The van der Waals surface area contributed by atoms with Crippen LogP contribution < -0.4 is 24.8 Å². The van der Waals surface area contributed by atoms with Gasteiger partial charge in [0.05, 0.1) is 20.7 Å². The van der Waals surface area contributed by atoms with Crippen LogP contribution in [0.4, 0.5) is 5.69 Å². The van der Waals surface area contributed by atoms with E-state index >= 15 is 0 Å². The zero-order chi connectivity index (χ0) is 20.8. The summed E-state index contributed by atoms with van der Waals surface area (Å²) in [5.41, 5.74) is 3.12. The van der Waals surface area contributed by atoms with Crippen LogP contribution in [0.2, 0.25) is 0 Å². The van der Waals surface area contributed by atoms with E-state index in [2.05, 4.69) is 55.6 Å². The Morgan fingerprint density at radius 3 is 2.21 bits per heavy atom. The number of benzene rings is 2. The number of anilines is 1. The van der Waals surface area contributed by atoms with E-state index < -0.39 is 0 Å². The number of carbonyl (C=O) groups excluding carboxylic acids is 1. The first-order valence-electron chi connectivity index (χ1n) is 10.3. The second-order valence-electron chi connectivity index (χ2n) is 8.09. The predicted molar refractivity (Wildman–Crippen MR) is 116 cm³/mol. The zero-order valence-electron chi connectivity index (χ0n) is 18.0. The van der Waals surface area contributed by atoms with Crippen molar-refractivity contribution < 1.29 is 19.3 Å². The lowest BCUT2D eigenvalue weighted by atomic mass is 10.0. The molecule has 3 N–H and O–H groups in total. The SMILES string of the molecule is COc1ccc(C(=O)NC[C@@H](c2ccc(N(C)C)cc2)[NH+]2CC[NH+](C)CC2)cc1. The molecule has 0 radical (unpaired) electrons. The van der Waals surface area contributed by atoms with Crippen LogP contribution in [0.5, 0.6) is 5.75 Å². The molecule has 1 saturated heterocycles. The molecule has 156 valence electrons. The average Bonchev–Trinajstić information content (AvgIpc) is 2.75. The molecule has 6 heteroatoms. The van der Waals surface area contributed by atoms with Gasteiger partial charge < -0.3 is 24.8 Å². The Balaban J connectivity index is 1.72. The quantitative estimate of drug-likeness (QED) is 0.597. The first-order valence-corrected chi connectivity index (χ1v) is 10.3. The Morgan fingerprint density at radius 2 is 1.66 bits per heavy atom. The van der Waals surface area contributed by atoms with Gasteiger partial charge in [0.25, 0.3) is 5.91 Å². The van der Waals surface area contributed by atoms with Crippen molar-refractivity contribution in [2.24, 2.45) is 0 Å². The molecule has 29 heavy (non-hydrogen) atoms. The summed E-state index contributed by atoms with van der Waals surface area (Å²) in [6.07, 6.45) is 0. The average molecular weight is 399 g/mol. The van der Waals surface area contributed by atoms with Crippen LogP contribution in [0.15, 0.2) is 48.5 Å². The van der Waals surface area contributed by atoms with Crippen molar-refractivity contribution in [2.45, 2.75) is 6.04 Å². The maximum Gasteiger partial charge on any atom is 0.251 e. The monoisotopic (exact) mass is 398 g/mol. The number of hydrogen-bond acceptors (Lipinski definition) is 3. The molecule has 0 unspecified atom stereocenters. The van der Waals surface area contributed by atoms with E-state index in [1.807, 2.05) is 12.1 Å². The van der Waals surface area contributed by atoms with Crippen molar-refractivity contribution in [3.63, 3.8) is 0 Å². The highest BCUT2D eigenvalue weighted by molar-refractivity contribution is 5.94. The lowest BCUT2D eigenvalue weighted by Gasteiger charge is -2.33. The molecule has 1 aliphatic rings. The van der Waals surface area contributed by atoms with Crippen LogP contribution in [0.3, 0.4) is 0 Å². The third-order valence-electron chi connectivity index (χ3n) is 5.87. The van der Waals surface area contributed by atoms with Gasteiger partial charge in [-0.2, -0.15) is 0 Å². The maximum absolute atomic E-state index is 12.7. The van der Waals surface area contributed by atoms with E-state index in [1.54, 1.807) is 29.0 Å². The fourth-order valence-corrected chi connectivity index (χ4v) is 3.89. The van der Waals surface area contributed by atoms with Crippen molar-refractivity contribution in [3.8, 4) is 5.75 Å². The Morgan fingerprint density at radius 1 is 1.03 bits per heavy atom. The van der Waals surface area contributed by atoms with E-state index in [0.717, 1.165) is 31.9 Å². The summed E-state index contributed by atoms with van der Waals surface area (Å²) < 4.78 is 5.18. The normalized spacial score (nSPS) is 20.0. The molecule has 0 bridgehead atoms. The fraction of sp³-hybridized carbons (Fsp3) is 0.435. The molecule has 2 aromatic carbocycles. The Bertz CT molecular complexity index is 782. The summed E-state index contributed by atoms with van der Waals surface area (Å²) in [6, 6.07) is 16.2. The zero-order valence-corrected chi connectivity index (χ0v) is 18.0. The second-order valence-corrected chi connectivity index (χ2v) is 8.09. The molecule has 1 heterocycles. The molecule has 6 nitrogen and oxygen atoms in total. The highest BCUT2D eigenvalue weighted by Crippen LogP contribution is 2.17. The molecule has 1 atom stereocenters. The maximum atomic E-state index is 12.7. The first kappa shape index (κ1) is 21.1. The van der Waals surface area contributed by atoms with Crippen molar-refractivity contribution in [3.05, 3.63) is 59.7 Å². The van der Waals surface area contributed by atoms with E-state index in [1.165, 1.54) is 11.3 Å². The van der Waals surface area contributed by atoms with Crippen molar-refractivity contribution in [2.75, 3.05) is 65.9 Å². The number of rotatable bonds is 7. The number of amides is 1. The predicted octanol–water partition coefficient (Wildman–Crippen LogP) is -0.354. The van der Waals surface area contributed by atoms with Crippen LogP contribution in [-0.2, 0) is 0 Å². The van der Waals surface area contributed by atoms with Crippen LogP contribution in [-0.4, -0.2) is 66.9 Å². The smallest absolute Gasteiger partial charge is 0.251 e. The molecule has 0 aliphatic carbocycles. The number of methoxy groups -OCH3 is 1. The number of nitrogens with zero attached hydrogens (tertiary/aromatic N) is 1. The Labute approximate surface area is 174 Å². The molecular weight excluding hydrogens is 364 g/mol. The summed E-state index contributed by atoms with van der Waals surface area (Å²) >= 11 is 0. The highest BCUT2D eigenvalue weighted by Gasteiger charge is 2.29. The number of likely N-dealkylation sites (N-methyl/N-ethyl adjacent to an activating group) is 1. The molecular formula is C23H34N4O2+2. The Kier molecular flexibility index (Phi) is 7.12. The van der Waals surface area contributed by atoms with E-state index in [0.29, 0.717) is 12.1 Å². The topological polar surface area (TPSA) is 50.4 Å². The van der Waals surface area contributed by atoms with Gasteiger partial charge in [-0.05, 0) is 36.4 Å². The number of quaternary nitrogens is 2. The lowest BCUT2D eigenvalue weighted by Crippen LogP contribution is -3.27. The summed E-state index contributed by atoms with van der Waals surface area (Å²) in [5.74, 6) is 0.714. The van der Waals surface area contributed by atoms with E-state index in [-0.39, 0.29) is 11.9 Å². The molecule has 0 spiro atoms. The lowest BCUT2D eigenvalue weighted by molar-refractivity contribution is -1.02. The molecule has 0 saturated carbocycles. The Hall–Kier alpha value is -2.57. The number of carbonyl (C=O) groups is 1. The molecule has 0 aromatic heterocycles. The number of piperazine rings is 1. The molecule has 2 aromatic rings. The minimum atomic E-state index is -0.0401. The summed E-state index contributed by atoms with van der Waals surface area (Å²) in [6.45, 7) is 5.18. The van der Waals surface area contributed by atoms with Gasteiger partial charge in [-0.25, -0.2) is 0 Å². The molecule has 3 rings (SSSR count). The van der Waals surface area contributed by atoms with Gasteiger partial charge in [-0.3, -0.25) is 4.79 Å². The summed E-state index contributed by atoms with van der Waals surface area (Å²) in [5, 5.41) is 3.16. The van der Waals surface area contributed by atoms with Crippen LogP contribution in [0, 0.1) is 0 Å². The van der Waals surface area contributed by atoms with E-state index in [9.17, 15) is 4.79 Å². The van der Waals surface area contributed by atoms with Crippen LogP contribution in [0.25, 0.3) is 0 Å². The third kappa shape index (κ3) is 5.49. The van der Waals surface area contributed by atoms with Gasteiger partial charge in [-0.1, -0.05) is 12.1 Å². The van der Waals surface area contributed by atoms with Crippen LogP contribution >= 0.6 is 0 Å². The standard InChI is InChI=1S/C23H32N4O2/c1-25(2)20-9-5-18(6-10-20)22(27-15-13-26(3)14-16-27)17-24-23(28)19-7-11-21(29-4)12-8-19/h5-12,22H,13-17H2,1-4H3,(H,24,28)/p+2/t22-/m0/s1. The van der Waals surface area contributed by atoms with Gasteiger partial charge in [0, 0.05) is 30.9 Å². The van der Waals surface area contributed by atoms with Gasteiger partial charge >= 0.3 is 0 Å².